The Bertz CT molecular complexity index is 1370. The molecule has 2 aromatic carbocycles. The first-order chi connectivity index (χ1) is 18.4. The van der Waals surface area contributed by atoms with Crippen molar-refractivity contribution in [3.8, 4) is 5.75 Å². The molecular formula is C27H31F4NO7S. The van der Waals surface area contributed by atoms with Crippen molar-refractivity contribution in [2.24, 2.45) is 5.92 Å². The first kappa shape index (κ1) is 31.2. The summed E-state index contributed by atoms with van der Waals surface area (Å²) < 4.78 is 98.7. The second-order valence-corrected chi connectivity index (χ2v) is 12.2. The minimum absolute atomic E-state index is 0.0287. The molecule has 8 nitrogen and oxygen atoms in total. The Morgan fingerprint density at radius 2 is 1.80 bits per heavy atom. The van der Waals surface area contributed by atoms with Crippen molar-refractivity contribution in [3.05, 3.63) is 53.3 Å². The molecule has 0 saturated heterocycles. The summed E-state index contributed by atoms with van der Waals surface area (Å²) in [5.74, 6) is -3.32. The lowest BCUT2D eigenvalue weighted by Crippen LogP contribution is -2.44. The molecule has 0 bridgehead atoms. The monoisotopic (exact) mass is 589 g/mol. The standard InChI is InChI=1S/C27H31F4NO7S/c1-6-37-25(34)16(2)11-18-15-32(40(35,36)19-8-9-21(28)20(14-19)27(29,30)31)22-12-17(7-10-23(22)38-18)13-24(33)39-26(3,4)5/h7-10,12,14,16,18H,6,11,13,15H2,1-5H3/t16-,18+/m1/s1. The number of esters is 2. The lowest BCUT2D eigenvalue weighted by Gasteiger charge is -2.36. The van der Waals surface area contributed by atoms with Crippen molar-refractivity contribution >= 4 is 27.6 Å². The highest BCUT2D eigenvalue weighted by Crippen LogP contribution is 2.40. The highest BCUT2D eigenvalue weighted by molar-refractivity contribution is 7.92. The van der Waals surface area contributed by atoms with Gasteiger partial charge in [-0.25, -0.2) is 12.8 Å². The summed E-state index contributed by atoms with van der Waals surface area (Å²) in [5, 5.41) is 0. The Kier molecular flexibility index (Phi) is 9.07. The van der Waals surface area contributed by atoms with Crippen molar-refractivity contribution < 1.29 is 49.8 Å². The Balaban J connectivity index is 2.05. The van der Waals surface area contributed by atoms with Crippen LogP contribution in [0.5, 0.6) is 5.75 Å². The molecule has 0 saturated carbocycles. The number of ether oxygens (including phenoxy) is 3. The third kappa shape index (κ3) is 7.43. The van der Waals surface area contributed by atoms with Gasteiger partial charge in [-0.15, -0.1) is 0 Å². The van der Waals surface area contributed by atoms with E-state index in [2.05, 4.69) is 0 Å². The smallest absolute Gasteiger partial charge is 0.419 e. The molecule has 2 aromatic rings. The molecule has 13 heteroatoms. The Morgan fingerprint density at radius 3 is 2.40 bits per heavy atom. The molecule has 1 aliphatic heterocycles. The van der Waals surface area contributed by atoms with Crippen LogP contribution in [0, 0.1) is 11.7 Å². The van der Waals surface area contributed by atoms with Gasteiger partial charge in [0.15, 0.2) is 0 Å². The van der Waals surface area contributed by atoms with E-state index in [1.807, 2.05) is 0 Å². The summed E-state index contributed by atoms with van der Waals surface area (Å²) in [5.41, 5.74) is -2.15. The first-order valence-corrected chi connectivity index (χ1v) is 13.9. The molecule has 3 rings (SSSR count). The van der Waals surface area contributed by atoms with Crippen LogP contribution >= 0.6 is 0 Å². The van der Waals surface area contributed by atoms with Crippen LogP contribution in [0.3, 0.4) is 0 Å². The zero-order valence-corrected chi connectivity index (χ0v) is 23.5. The number of alkyl halides is 3. The Hall–Kier alpha value is -3.35. The Labute approximate surface area is 230 Å². The third-order valence-electron chi connectivity index (χ3n) is 5.86. The molecule has 2 atom stereocenters. The number of anilines is 1. The molecule has 0 spiro atoms. The van der Waals surface area contributed by atoms with Crippen LogP contribution in [0.4, 0.5) is 23.2 Å². The SMILES string of the molecule is CCOC(=O)[C@H](C)C[C@H]1CN(S(=O)(=O)c2ccc(F)c(C(F)(F)F)c2)c2cc(CC(=O)OC(C)(C)C)ccc2O1. The zero-order chi connectivity index (χ0) is 30.0. The van der Waals surface area contributed by atoms with Gasteiger partial charge < -0.3 is 14.2 Å². The number of fused-ring (bicyclic) bond motifs is 1. The van der Waals surface area contributed by atoms with Crippen LogP contribution in [0.15, 0.2) is 41.3 Å². The fourth-order valence-corrected chi connectivity index (χ4v) is 5.67. The van der Waals surface area contributed by atoms with Crippen LogP contribution in [0.25, 0.3) is 0 Å². The molecule has 0 amide bonds. The topological polar surface area (TPSA) is 99.2 Å². The molecule has 0 fully saturated rings. The van der Waals surface area contributed by atoms with Crippen molar-refractivity contribution in [2.45, 2.75) is 70.2 Å². The van der Waals surface area contributed by atoms with Gasteiger partial charge in [0.1, 0.15) is 23.3 Å². The molecule has 0 aromatic heterocycles. The Morgan fingerprint density at radius 1 is 1.12 bits per heavy atom. The number of carbonyl (C=O) groups excluding carboxylic acids is 2. The van der Waals surface area contributed by atoms with E-state index in [9.17, 15) is 35.6 Å². The van der Waals surface area contributed by atoms with Gasteiger partial charge in [-0.3, -0.25) is 13.9 Å². The molecule has 40 heavy (non-hydrogen) atoms. The highest BCUT2D eigenvalue weighted by atomic mass is 32.2. The lowest BCUT2D eigenvalue weighted by atomic mass is 10.0. The number of nitrogens with zero attached hydrogens (tertiary/aromatic N) is 1. The van der Waals surface area contributed by atoms with Crippen molar-refractivity contribution in [2.75, 3.05) is 17.5 Å². The fourth-order valence-electron chi connectivity index (χ4n) is 4.15. The number of halogens is 4. The summed E-state index contributed by atoms with van der Waals surface area (Å²) in [7, 11) is -4.69. The average Bonchev–Trinajstić information content (AvgIpc) is 2.82. The van der Waals surface area contributed by atoms with E-state index < -0.39 is 62.0 Å². The van der Waals surface area contributed by atoms with Crippen molar-refractivity contribution in [1.82, 2.24) is 0 Å². The summed E-state index contributed by atoms with van der Waals surface area (Å²) in [6, 6.07) is 5.76. The highest BCUT2D eigenvalue weighted by Gasteiger charge is 2.39. The molecular weight excluding hydrogens is 558 g/mol. The summed E-state index contributed by atoms with van der Waals surface area (Å²) in [4.78, 5) is 23.8. The summed E-state index contributed by atoms with van der Waals surface area (Å²) in [6.07, 6.45) is -6.17. The first-order valence-electron chi connectivity index (χ1n) is 12.5. The zero-order valence-electron chi connectivity index (χ0n) is 22.7. The maximum atomic E-state index is 13.9. The van der Waals surface area contributed by atoms with E-state index in [0.29, 0.717) is 11.6 Å². The van der Waals surface area contributed by atoms with E-state index in [1.165, 1.54) is 18.2 Å². The molecule has 0 N–H and O–H groups in total. The maximum Gasteiger partial charge on any atom is 0.419 e. The predicted octanol–water partition coefficient (Wildman–Crippen LogP) is 5.27. The van der Waals surface area contributed by atoms with Crippen LogP contribution in [-0.4, -0.2) is 45.2 Å². The van der Waals surface area contributed by atoms with Crippen LogP contribution in [0.1, 0.15) is 52.2 Å². The van der Waals surface area contributed by atoms with Gasteiger partial charge in [0.25, 0.3) is 10.0 Å². The van der Waals surface area contributed by atoms with Gasteiger partial charge in [0, 0.05) is 0 Å². The predicted molar refractivity (Wildman–Crippen MR) is 137 cm³/mol. The third-order valence-corrected chi connectivity index (χ3v) is 7.64. The van der Waals surface area contributed by atoms with Crippen molar-refractivity contribution in [1.29, 1.82) is 0 Å². The average molecular weight is 590 g/mol. The molecule has 0 unspecified atom stereocenters. The lowest BCUT2D eigenvalue weighted by molar-refractivity contribution is -0.154. The normalized spacial score (nSPS) is 16.5. The number of carbonyl (C=O) groups is 2. The van der Waals surface area contributed by atoms with Gasteiger partial charge in [-0.2, -0.15) is 13.2 Å². The van der Waals surface area contributed by atoms with Gasteiger partial charge in [-0.05, 0) is 70.0 Å². The van der Waals surface area contributed by atoms with E-state index >= 15 is 0 Å². The van der Waals surface area contributed by atoms with Crippen LogP contribution in [0.2, 0.25) is 0 Å². The number of benzene rings is 2. The molecule has 0 radical (unpaired) electrons. The minimum Gasteiger partial charge on any atom is -0.486 e. The molecule has 220 valence electrons. The second-order valence-electron chi connectivity index (χ2n) is 10.4. The minimum atomic E-state index is -5.13. The maximum absolute atomic E-state index is 13.9. The number of rotatable bonds is 8. The van der Waals surface area contributed by atoms with E-state index in [-0.39, 0.29) is 43.5 Å². The summed E-state index contributed by atoms with van der Waals surface area (Å²) >= 11 is 0. The fraction of sp³-hybridized carbons (Fsp3) is 0.481. The number of sulfonamides is 1. The largest absolute Gasteiger partial charge is 0.486 e. The quantitative estimate of drug-likeness (QED) is 0.305. The van der Waals surface area contributed by atoms with Gasteiger partial charge >= 0.3 is 18.1 Å². The van der Waals surface area contributed by atoms with Gasteiger partial charge in [0.2, 0.25) is 0 Å². The van der Waals surface area contributed by atoms with Crippen LogP contribution < -0.4 is 9.04 Å². The van der Waals surface area contributed by atoms with E-state index in [1.54, 1.807) is 34.6 Å². The van der Waals surface area contributed by atoms with Gasteiger partial charge in [-0.1, -0.05) is 13.0 Å². The molecule has 1 aliphatic rings. The molecule has 1 heterocycles. The number of hydrogen-bond donors (Lipinski definition) is 0. The van der Waals surface area contributed by atoms with E-state index in [0.717, 1.165) is 10.4 Å². The van der Waals surface area contributed by atoms with E-state index in [4.69, 9.17) is 14.2 Å². The molecule has 0 aliphatic carbocycles. The van der Waals surface area contributed by atoms with Gasteiger partial charge in [0.05, 0.1) is 41.6 Å². The van der Waals surface area contributed by atoms with Crippen molar-refractivity contribution in [3.63, 3.8) is 0 Å². The second kappa shape index (κ2) is 11.6. The van der Waals surface area contributed by atoms with Crippen LogP contribution in [-0.2, 0) is 41.7 Å². The summed E-state index contributed by atoms with van der Waals surface area (Å²) in [6.45, 7) is 8.06. The number of hydrogen-bond acceptors (Lipinski definition) is 7.